The van der Waals surface area contributed by atoms with E-state index in [1.165, 1.54) is 5.56 Å². The van der Waals surface area contributed by atoms with Gasteiger partial charge in [0, 0.05) is 27.9 Å². The van der Waals surface area contributed by atoms with Crippen molar-refractivity contribution in [2.45, 2.75) is 6.54 Å². The van der Waals surface area contributed by atoms with Crippen LogP contribution in [0.25, 0.3) is 10.9 Å². The van der Waals surface area contributed by atoms with Crippen LogP contribution in [0.5, 0.6) is 0 Å². The Balaban J connectivity index is 2.04. The summed E-state index contributed by atoms with van der Waals surface area (Å²) in [7, 11) is 2.05. The summed E-state index contributed by atoms with van der Waals surface area (Å²) in [6.07, 6.45) is 1.61. The number of rotatable bonds is 3. The molecule has 0 radical (unpaired) electrons. The van der Waals surface area contributed by atoms with Gasteiger partial charge in [0.1, 0.15) is 12.1 Å². The van der Waals surface area contributed by atoms with Crippen molar-refractivity contribution < 1.29 is 0 Å². The number of fused-ring (bicyclic) bond motifs is 1. The van der Waals surface area contributed by atoms with Gasteiger partial charge in [0.2, 0.25) is 0 Å². The first-order chi connectivity index (χ1) is 10.1. The van der Waals surface area contributed by atoms with Crippen LogP contribution >= 0.6 is 31.9 Å². The van der Waals surface area contributed by atoms with Crippen molar-refractivity contribution in [3.05, 3.63) is 63.3 Å². The van der Waals surface area contributed by atoms with Crippen LogP contribution in [-0.2, 0) is 6.54 Å². The van der Waals surface area contributed by atoms with Crippen LogP contribution in [0.4, 0.5) is 5.82 Å². The van der Waals surface area contributed by atoms with Gasteiger partial charge in [-0.25, -0.2) is 9.97 Å². The number of hydrogen-bond acceptors (Lipinski definition) is 3. The Bertz CT molecular complexity index is 775. The molecule has 0 saturated heterocycles. The van der Waals surface area contributed by atoms with Gasteiger partial charge < -0.3 is 4.90 Å². The molecule has 3 rings (SSSR count). The first-order valence-corrected chi connectivity index (χ1v) is 8.08. The van der Waals surface area contributed by atoms with Crippen molar-refractivity contribution in [3.63, 3.8) is 0 Å². The number of hydrogen-bond donors (Lipinski definition) is 0. The van der Waals surface area contributed by atoms with Crippen molar-refractivity contribution in [1.82, 2.24) is 9.97 Å². The second kappa shape index (κ2) is 6.12. The van der Waals surface area contributed by atoms with Gasteiger partial charge in [-0.2, -0.15) is 0 Å². The molecule has 1 heterocycles. The summed E-state index contributed by atoms with van der Waals surface area (Å²) in [6, 6.07) is 14.4. The molecule has 3 aromatic rings. The zero-order chi connectivity index (χ0) is 14.8. The van der Waals surface area contributed by atoms with Crippen LogP contribution < -0.4 is 4.90 Å². The first kappa shape index (κ1) is 14.5. The maximum absolute atomic E-state index is 4.46. The van der Waals surface area contributed by atoms with Gasteiger partial charge >= 0.3 is 0 Å². The predicted molar refractivity (Wildman–Crippen MR) is 93.5 cm³/mol. The van der Waals surface area contributed by atoms with Crippen LogP contribution in [0.15, 0.2) is 57.7 Å². The third-order valence-electron chi connectivity index (χ3n) is 3.26. The smallest absolute Gasteiger partial charge is 0.140 e. The van der Waals surface area contributed by atoms with Crippen molar-refractivity contribution in [2.75, 3.05) is 11.9 Å². The predicted octanol–water partition coefficient (Wildman–Crippen LogP) is 4.79. The maximum atomic E-state index is 4.46. The molecule has 0 spiro atoms. The molecule has 0 unspecified atom stereocenters. The molecule has 0 N–H and O–H groups in total. The van der Waals surface area contributed by atoms with Gasteiger partial charge in [0.25, 0.3) is 0 Å². The van der Waals surface area contributed by atoms with Gasteiger partial charge in [-0.1, -0.05) is 46.3 Å². The molecule has 3 nitrogen and oxygen atoms in total. The normalized spacial score (nSPS) is 10.8. The van der Waals surface area contributed by atoms with Crippen molar-refractivity contribution in [1.29, 1.82) is 0 Å². The average Bonchev–Trinajstić information content (AvgIpc) is 2.47. The van der Waals surface area contributed by atoms with E-state index in [0.717, 1.165) is 32.2 Å². The maximum Gasteiger partial charge on any atom is 0.140 e. The van der Waals surface area contributed by atoms with E-state index in [-0.39, 0.29) is 0 Å². The zero-order valence-electron chi connectivity index (χ0n) is 11.4. The van der Waals surface area contributed by atoms with Gasteiger partial charge in [-0.15, -0.1) is 0 Å². The highest BCUT2D eigenvalue weighted by Crippen LogP contribution is 2.31. The summed E-state index contributed by atoms with van der Waals surface area (Å²) in [5.74, 6) is 0.922. The molecule has 0 fully saturated rings. The zero-order valence-corrected chi connectivity index (χ0v) is 14.6. The quantitative estimate of drug-likeness (QED) is 0.626. The topological polar surface area (TPSA) is 29.0 Å². The fourth-order valence-corrected chi connectivity index (χ4v) is 3.64. The molecule has 0 atom stereocenters. The standard InChI is InChI=1S/C16H13Br2N3/c1-21(9-11-5-3-2-4-6-11)16-13-7-12(17)8-14(18)15(13)19-10-20-16/h2-8,10H,9H2,1H3. The summed E-state index contributed by atoms with van der Waals surface area (Å²) >= 11 is 7.09. The summed E-state index contributed by atoms with van der Waals surface area (Å²) in [6.45, 7) is 0.803. The minimum absolute atomic E-state index is 0.803. The van der Waals surface area contributed by atoms with Crippen molar-refractivity contribution in [2.24, 2.45) is 0 Å². The minimum Gasteiger partial charge on any atom is -0.355 e. The molecule has 1 aromatic heterocycles. The van der Waals surface area contributed by atoms with E-state index >= 15 is 0 Å². The fourth-order valence-electron chi connectivity index (χ4n) is 2.31. The summed E-state index contributed by atoms with van der Waals surface area (Å²) in [4.78, 5) is 11.0. The monoisotopic (exact) mass is 405 g/mol. The lowest BCUT2D eigenvalue weighted by Crippen LogP contribution is -2.18. The third kappa shape index (κ3) is 3.09. The molecule has 0 bridgehead atoms. The molecule has 0 aliphatic rings. The van der Waals surface area contributed by atoms with Crippen LogP contribution in [-0.4, -0.2) is 17.0 Å². The van der Waals surface area contributed by atoms with Gasteiger partial charge in [0.05, 0.1) is 5.52 Å². The Morgan fingerprint density at radius 1 is 1.05 bits per heavy atom. The Labute approximate surface area is 140 Å². The Kier molecular flexibility index (Phi) is 4.22. The Morgan fingerprint density at radius 2 is 1.81 bits per heavy atom. The lowest BCUT2D eigenvalue weighted by atomic mass is 10.2. The fraction of sp³-hybridized carbons (Fsp3) is 0.125. The van der Waals surface area contributed by atoms with Crippen LogP contribution in [0.3, 0.4) is 0 Å². The second-order valence-electron chi connectivity index (χ2n) is 4.82. The molecular formula is C16H13Br2N3. The van der Waals surface area contributed by atoms with Gasteiger partial charge in [-0.3, -0.25) is 0 Å². The lowest BCUT2D eigenvalue weighted by molar-refractivity contribution is 0.900. The average molecular weight is 407 g/mol. The van der Waals surface area contributed by atoms with E-state index < -0.39 is 0 Å². The molecule has 21 heavy (non-hydrogen) atoms. The highest BCUT2D eigenvalue weighted by Gasteiger charge is 2.12. The summed E-state index contributed by atoms with van der Waals surface area (Å²) in [5, 5.41) is 1.03. The number of halogens is 2. The third-order valence-corrected chi connectivity index (χ3v) is 4.32. The minimum atomic E-state index is 0.803. The second-order valence-corrected chi connectivity index (χ2v) is 6.59. The van der Waals surface area contributed by atoms with E-state index in [4.69, 9.17) is 0 Å². The van der Waals surface area contributed by atoms with Crippen LogP contribution in [0.1, 0.15) is 5.56 Å². The molecule has 0 amide bonds. The summed E-state index contributed by atoms with van der Waals surface area (Å²) in [5.41, 5.74) is 2.17. The van der Waals surface area contributed by atoms with E-state index in [1.54, 1.807) is 6.33 Å². The van der Waals surface area contributed by atoms with E-state index in [0.29, 0.717) is 0 Å². The van der Waals surface area contributed by atoms with Crippen molar-refractivity contribution >= 4 is 48.6 Å². The lowest BCUT2D eigenvalue weighted by Gasteiger charge is -2.20. The molecule has 5 heteroatoms. The highest BCUT2D eigenvalue weighted by atomic mass is 79.9. The van der Waals surface area contributed by atoms with E-state index in [2.05, 4.69) is 77.1 Å². The van der Waals surface area contributed by atoms with Gasteiger partial charge in [-0.05, 0) is 33.6 Å². The number of aromatic nitrogens is 2. The van der Waals surface area contributed by atoms with Crippen LogP contribution in [0, 0.1) is 0 Å². The molecule has 0 aliphatic heterocycles. The SMILES string of the molecule is CN(Cc1ccccc1)c1ncnc2c(Br)cc(Br)cc12. The van der Waals surface area contributed by atoms with E-state index in [1.807, 2.05) is 19.2 Å². The number of nitrogens with zero attached hydrogens (tertiary/aromatic N) is 3. The highest BCUT2D eigenvalue weighted by molar-refractivity contribution is 9.11. The Hall–Kier alpha value is -1.46. The molecule has 106 valence electrons. The van der Waals surface area contributed by atoms with E-state index in [9.17, 15) is 0 Å². The summed E-state index contributed by atoms with van der Waals surface area (Å²) < 4.78 is 1.97. The molecular weight excluding hydrogens is 394 g/mol. The number of benzene rings is 2. The molecule has 2 aromatic carbocycles. The largest absolute Gasteiger partial charge is 0.355 e. The Morgan fingerprint density at radius 3 is 2.57 bits per heavy atom. The van der Waals surface area contributed by atoms with Crippen LogP contribution in [0.2, 0.25) is 0 Å². The molecule has 0 saturated carbocycles. The molecule has 0 aliphatic carbocycles. The van der Waals surface area contributed by atoms with Crippen molar-refractivity contribution in [3.8, 4) is 0 Å². The first-order valence-electron chi connectivity index (χ1n) is 6.50. The number of anilines is 1. The van der Waals surface area contributed by atoms with Gasteiger partial charge in [0.15, 0.2) is 0 Å².